The SMILES string of the molecule is CC(C)(C)C(=O)NCc1ccc(Cl)c(C2=CC(c3ccc(C(F)(F)F)nc3)NC(=O)N2)c1F. The number of amides is 3. The lowest BCUT2D eigenvalue weighted by atomic mass is 9.95. The van der Waals surface area contributed by atoms with E-state index in [4.69, 9.17) is 11.6 Å². The Balaban J connectivity index is 1.93. The molecule has 176 valence electrons. The molecule has 1 aromatic carbocycles. The van der Waals surface area contributed by atoms with E-state index in [1.54, 1.807) is 20.8 Å². The zero-order chi connectivity index (χ0) is 24.6. The highest BCUT2D eigenvalue weighted by molar-refractivity contribution is 6.32. The minimum Gasteiger partial charge on any atom is -0.351 e. The molecule has 1 aliphatic rings. The van der Waals surface area contributed by atoms with Crippen molar-refractivity contribution in [3.8, 4) is 0 Å². The van der Waals surface area contributed by atoms with Crippen LogP contribution in [0.4, 0.5) is 22.4 Å². The molecule has 0 fully saturated rings. The van der Waals surface area contributed by atoms with Crippen LogP contribution in [0.2, 0.25) is 5.02 Å². The van der Waals surface area contributed by atoms with Gasteiger partial charge >= 0.3 is 12.2 Å². The van der Waals surface area contributed by atoms with Crippen LogP contribution in [0.3, 0.4) is 0 Å². The first-order valence-electron chi connectivity index (χ1n) is 9.85. The topological polar surface area (TPSA) is 83.1 Å². The maximum atomic E-state index is 15.3. The molecule has 1 aromatic heterocycles. The number of aromatic nitrogens is 1. The van der Waals surface area contributed by atoms with Crippen LogP contribution >= 0.6 is 11.6 Å². The quantitative estimate of drug-likeness (QED) is 0.537. The molecule has 0 radical (unpaired) electrons. The van der Waals surface area contributed by atoms with Gasteiger partial charge < -0.3 is 16.0 Å². The maximum absolute atomic E-state index is 15.3. The van der Waals surface area contributed by atoms with Crippen molar-refractivity contribution in [2.24, 2.45) is 5.41 Å². The highest BCUT2D eigenvalue weighted by Crippen LogP contribution is 2.32. The minimum atomic E-state index is -4.60. The molecule has 0 spiro atoms. The maximum Gasteiger partial charge on any atom is 0.433 e. The average molecular weight is 485 g/mol. The molecule has 0 saturated heterocycles. The second kappa shape index (κ2) is 9.01. The summed E-state index contributed by atoms with van der Waals surface area (Å²) in [7, 11) is 0. The predicted octanol–water partition coefficient (Wildman–Crippen LogP) is 4.95. The fraction of sp³-hybridized carbons (Fsp3) is 0.318. The molecular formula is C22H21ClF4N4O2. The van der Waals surface area contributed by atoms with Gasteiger partial charge in [-0.1, -0.05) is 44.5 Å². The zero-order valence-electron chi connectivity index (χ0n) is 17.9. The molecule has 2 aromatic rings. The fourth-order valence-corrected chi connectivity index (χ4v) is 3.30. The van der Waals surface area contributed by atoms with Gasteiger partial charge in [-0.05, 0) is 23.8 Å². The Morgan fingerprint density at radius 2 is 1.88 bits per heavy atom. The third-order valence-electron chi connectivity index (χ3n) is 4.87. The van der Waals surface area contributed by atoms with Gasteiger partial charge in [0.05, 0.1) is 22.3 Å². The number of benzene rings is 1. The summed E-state index contributed by atoms with van der Waals surface area (Å²) >= 11 is 6.21. The van der Waals surface area contributed by atoms with E-state index >= 15 is 4.39 Å². The standard InChI is InChI=1S/C22H21ClF4N4O2/c1-21(2,3)19(32)29-10-12-4-6-13(23)17(18(12)24)15-8-14(30-20(33)31-15)11-5-7-16(28-9-11)22(25,26)27/h4-9,14H,10H2,1-3H3,(H,29,32)(H2,30,31,33). The van der Waals surface area contributed by atoms with Gasteiger partial charge in [-0.2, -0.15) is 13.2 Å². The van der Waals surface area contributed by atoms with Crippen LogP contribution in [-0.2, 0) is 17.5 Å². The van der Waals surface area contributed by atoms with E-state index in [0.717, 1.165) is 12.3 Å². The molecule has 11 heteroatoms. The molecule has 1 aliphatic heterocycles. The molecule has 1 atom stereocenters. The largest absolute Gasteiger partial charge is 0.433 e. The number of alkyl halides is 3. The van der Waals surface area contributed by atoms with Crippen LogP contribution in [0, 0.1) is 11.2 Å². The van der Waals surface area contributed by atoms with Crippen molar-refractivity contribution in [2.75, 3.05) is 0 Å². The summed E-state index contributed by atoms with van der Waals surface area (Å²) in [5.74, 6) is -1.02. The van der Waals surface area contributed by atoms with Crippen molar-refractivity contribution in [3.05, 3.63) is 69.8 Å². The number of pyridine rings is 1. The van der Waals surface area contributed by atoms with Crippen molar-refractivity contribution in [3.63, 3.8) is 0 Å². The van der Waals surface area contributed by atoms with Crippen LogP contribution in [-0.4, -0.2) is 16.9 Å². The van der Waals surface area contributed by atoms with Gasteiger partial charge in [0.2, 0.25) is 5.91 Å². The van der Waals surface area contributed by atoms with E-state index in [1.807, 2.05) is 0 Å². The minimum absolute atomic E-state index is 0.0103. The predicted molar refractivity (Wildman–Crippen MR) is 114 cm³/mol. The summed E-state index contributed by atoms with van der Waals surface area (Å²) < 4.78 is 53.6. The number of nitrogens with one attached hydrogen (secondary N) is 3. The molecule has 3 rings (SSSR count). The first-order valence-corrected chi connectivity index (χ1v) is 10.2. The number of carbonyl (C=O) groups excluding carboxylic acids is 2. The summed E-state index contributed by atoms with van der Waals surface area (Å²) in [6.45, 7) is 5.06. The molecule has 6 nitrogen and oxygen atoms in total. The smallest absolute Gasteiger partial charge is 0.351 e. The van der Waals surface area contributed by atoms with Crippen molar-refractivity contribution < 1.29 is 27.2 Å². The Labute approximate surface area is 192 Å². The fourth-order valence-electron chi connectivity index (χ4n) is 3.05. The molecular weight excluding hydrogens is 464 g/mol. The van der Waals surface area contributed by atoms with Crippen molar-refractivity contribution in [1.29, 1.82) is 0 Å². The summed E-state index contributed by atoms with van der Waals surface area (Å²) in [4.78, 5) is 27.7. The Morgan fingerprint density at radius 1 is 1.18 bits per heavy atom. The summed E-state index contributed by atoms with van der Waals surface area (Å²) in [5.41, 5.74) is -1.39. The van der Waals surface area contributed by atoms with E-state index in [9.17, 15) is 22.8 Å². The number of halogens is 5. The Kier molecular flexibility index (Phi) is 6.69. The molecule has 2 heterocycles. The molecule has 0 saturated carbocycles. The molecule has 0 bridgehead atoms. The summed E-state index contributed by atoms with van der Waals surface area (Å²) in [6.07, 6.45) is -2.19. The third kappa shape index (κ3) is 5.62. The van der Waals surface area contributed by atoms with Gasteiger partial charge in [0.15, 0.2) is 0 Å². The summed E-state index contributed by atoms with van der Waals surface area (Å²) in [5, 5.41) is 7.65. The molecule has 0 aliphatic carbocycles. The highest BCUT2D eigenvalue weighted by atomic mass is 35.5. The van der Waals surface area contributed by atoms with Crippen LogP contribution in [0.25, 0.3) is 5.70 Å². The molecule has 33 heavy (non-hydrogen) atoms. The van der Waals surface area contributed by atoms with Gasteiger partial charge in [0, 0.05) is 23.7 Å². The van der Waals surface area contributed by atoms with Crippen molar-refractivity contribution in [2.45, 2.75) is 39.5 Å². The molecule has 3 N–H and O–H groups in total. The number of urea groups is 1. The third-order valence-corrected chi connectivity index (χ3v) is 5.18. The number of hydrogen-bond acceptors (Lipinski definition) is 3. The first-order chi connectivity index (χ1) is 15.3. The number of nitrogens with zero attached hydrogens (tertiary/aromatic N) is 1. The monoisotopic (exact) mass is 484 g/mol. The number of carbonyl (C=O) groups is 2. The van der Waals surface area contributed by atoms with E-state index in [2.05, 4.69) is 20.9 Å². The Morgan fingerprint density at radius 3 is 2.45 bits per heavy atom. The lowest BCUT2D eigenvalue weighted by Crippen LogP contribution is -2.41. The van der Waals surface area contributed by atoms with E-state index in [1.165, 1.54) is 24.3 Å². The van der Waals surface area contributed by atoms with Crippen molar-refractivity contribution in [1.82, 2.24) is 20.9 Å². The number of hydrogen-bond donors (Lipinski definition) is 3. The second-order valence-corrected chi connectivity index (χ2v) is 8.87. The lowest BCUT2D eigenvalue weighted by Gasteiger charge is -2.25. The van der Waals surface area contributed by atoms with Gasteiger partial charge in [-0.3, -0.25) is 9.78 Å². The van der Waals surface area contributed by atoms with Gasteiger partial charge in [-0.15, -0.1) is 0 Å². The van der Waals surface area contributed by atoms with Gasteiger partial charge in [0.25, 0.3) is 0 Å². The van der Waals surface area contributed by atoms with E-state index in [0.29, 0.717) is 0 Å². The normalized spacial score (nSPS) is 16.5. The van der Waals surface area contributed by atoms with Crippen LogP contribution in [0.5, 0.6) is 0 Å². The van der Waals surface area contributed by atoms with Crippen LogP contribution in [0.15, 0.2) is 36.5 Å². The van der Waals surface area contributed by atoms with Gasteiger partial charge in [-0.25, -0.2) is 9.18 Å². The average Bonchev–Trinajstić information content (AvgIpc) is 2.71. The second-order valence-electron chi connectivity index (χ2n) is 8.46. The van der Waals surface area contributed by atoms with E-state index < -0.39 is 35.2 Å². The van der Waals surface area contributed by atoms with Crippen molar-refractivity contribution >= 4 is 29.2 Å². The van der Waals surface area contributed by atoms with Crippen LogP contribution < -0.4 is 16.0 Å². The molecule has 3 amide bonds. The first kappa shape index (κ1) is 24.5. The highest BCUT2D eigenvalue weighted by Gasteiger charge is 2.33. The molecule has 1 unspecified atom stereocenters. The Hall–Kier alpha value is -3.14. The zero-order valence-corrected chi connectivity index (χ0v) is 18.7. The lowest BCUT2D eigenvalue weighted by molar-refractivity contribution is -0.141. The van der Waals surface area contributed by atoms with Gasteiger partial charge in [0.1, 0.15) is 11.5 Å². The number of rotatable bonds is 4. The van der Waals surface area contributed by atoms with Crippen LogP contribution in [0.1, 0.15) is 49.2 Å². The Bertz CT molecular complexity index is 1110. The summed E-state index contributed by atoms with van der Waals surface area (Å²) in [6, 6.07) is 3.26. The van der Waals surface area contributed by atoms with E-state index in [-0.39, 0.29) is 39.9 Å².